The number of hydrogen-bond acceptors (Lipinski definition) is 6. The number of Topliss-reactive ketones (excluding diaryl/α,β-unsaturated/α-hetero) is 1. The van der Waals surface area contributed by atoms with Crippen molar-refractivity contribution in [2.24, 2.45) is 0 Å². The number of allylic oxidation sites excluding steroid dienone is 2. The molecule has 8 nitrogen and oxygen atoms in total. The summed E-state index contributed by atoms with van der Waals surface area (Å²) < 4.78 is 58.2. The van der Waals surface area contributed by atoms with Gasteiger partial charge >= 0.3 is 0 Å². The Balaban J connectivity index is 1.98. The maximum absolute atomic E-state index is 13.4. The molecule has 3 N–H and O–H groups in total. The Kier molecular flexibility index (Phi) is 7.94. The van der Waals surface area contributed by atoms with E-state index < -0.39 is 25.8 Å². The van der Waals surface area contributed by atoms with Crippen LogP contribution in [0.25, 0.3) is 16.3 Å². The number of halogens is 2. The predicted molar refractivity (Wildman–Crippen MR) is 154 cm³/mol. The van der Waals surface area contributed by atoms with Gasteiger partial charge in [-0.25, -0.2) is 16.8 Å². The standard InChI is InChI=1S/C27H22Cl2N2O6S2/c1-16(32)26(17(2)33)24-15-25(30-38(34,35)20-11-7-18(28)8-12-20)22-5-3-4-6-23(22)27(24)31-39(36,37)21-13-9-19(29)10-14-21/h3-15,30-32H,1-2H3/b26-16+. The lowest BCUT2D eigenvalue weighted by Crippen LogP contribution is -2.17. The first-order chi connectivity index (χ1) is 18.3. The number of anilines is 2. The minimum atomic E-state index is -4.20. The summed E-state index contributed by atoms with van der Waals surface area (Å²) in [5.41, 5.74) is -0.173. The second-order valence-electron chi connectivity index (χ2n) is 8.53. The average Bonchev–Trinajstić information content (AvgIpc) is 2.86. The van der Waals surface area contributed by atoms with Crippen LogP contribution in [0.2, 0.25) is 10.0 Å². The van der Waals surface area contributed by atoms with Crippen LogP contribution >= 0.6 is 23.2 Å². The lowest BCUT2D eigenvalue weighted by molar-refractivity contribution is -0.111. The van der Waals surface area contributed by atoms with Crippen molar-refractivity contribution in [1.82, 2.24) is 0 Å². The fourth-order valence-electron chi connectivity index (χ4n) is 4.03. The second-order valence-corrected chi connectivity index (χ2v) is 12.8. The van der Waals surface area contributed by atoms with Crippen molar-refractivity contribution >= 4 is 76.8 Å². The van der Waals surface area contributed by atoms with Crippen LogP contribution in [0.4, 0.5) is 11.4 Å². The third-order valence-corrected chi connectivity index (χ3v) is 9.01. The monoisotopic (exact) mass is 604 g/mol. The molecule has 0 fully saturated rings. The Morgan fingerprint density at radius 3 is 1.64 bits per heavy atom. The number of ketones is 1. The van der Waals surface area contributed by atoms with Gasteiger partial charge in [-0.05, 0) is 68.4 Å². The normalized spacial score (nSPS) is 12.6. The Labute approximate surface area is 236 Å². The molecule has 0 aliphatic carbocycles. The van der Waals surface area contributed by atoms with Gasteiger partial charge in [0.15, 0.2) is 5.78 Å². The number of rotatable bonds is 8. The van der Waals surface area contributed by atoms with Gasteiger partial charge in [0.25, 0.3) is 20.0 Å². The van der Waals surface area contributed by atoms with Crippen molar-refractivity contribution in [1.29, 1.82) is 0 Å². The smallest absolute Gasteiger partial charge is 0.261 e. The van der Waals surface area contributed by atoms with Crippen LogP contribution < -0.4 is 9.44 Å². The molecule has 0 aromatic heterocycles. The first-order valence-electron chi connectivity index (χ1n) is 11.3. The number of benzene rings is 4. The summed E-state index contributed by atoms with van der Waals surface area (Å²) in [5.74, 6) is -0.944. The van der Waals surface area contributed by atoms with Crippen LogP contribution in [0.15, 0.2) is 94.4 Å². The molecule has 4 aromatic rings. The maximum atomic E-state index is 13.4. The van der Waals surface area contributed by atoms with E-state index in [1.807, 2.05) is 0 Å². The SMILES string of the molecule is CC(=O)/C(=C(/C)O)c1cc(NS(=O)(=O)c2ccc(Cl)cc2)c2ccccc2c1NS(=O)(=O)c1ccc(Cl)cc1. The number of aliphatic hydroxyl groups excluding tert-OH is 1. The van der Waals surface area contributed by atoms with Crippen LogP contribution in [-0.2, 0) is 24.8 Å². The Hall–Kier alpha value is -3.57. The highest BCUT2D eigenvalue weighted by Crippen LogP contribution is 2.40. The molecule has 0 unspecified atom stereocenters. The summed E-state index contributed by atoms with van der Waals surface area (Å²) >= 11 is 11.8. The third kappa shape index (κ3) is 6.04. The molecule has 12 heteroatoms. The van der Waals surface area contributed by atoms with E-state index in [9.17, 15) is 26.7 Å². The molecule has 0 aliphatic heterocycles. The number of carbonyl (C=O) groups is 1. The molecule has 0 saturated heterocycles. The number of hydrogen-bond donors (Lipinski definition) is 3. The zero-order valence-electron chi connectivity index (χ0n) is 20.6. The highest BCUT2D eigenvalue weighted by Gasteiger charge is 2.26. The van der Waals surface area contributed by atoms with Gasteiger partial charge in [0.05, 0.1) is 26.7 Å². The molecule has 0 spiro atoms. The van der Waals surface area contributed by atoms with E-state index in [2.05, 4.69) is 9.44 Å². The summed E-state index contributed by atoms with van der Waals surface area (Å²) in [7, 11) is -8.32. The molecular weight excluding hydrogens is 583 g/mol. The van der Waals surface area contributed by atoms with Crippen molar-refractivity contribution in [2.75, 3.05) is 9.44 Å². The number of fused-ring (bicyclic) bond motifs is 1. The minimum Gasteiger partial charge on any atom is -0.512 e. The minimum absolute atomic E-state index is 0.0198. The van der Waals surface area contributed by atoms with Crippen LogP contribution in [-0.4, -0.2) is 27.7 Å². The molecule has 0 radical (unpaired) electrons. The summed E-state index contributed by atoms with van der Waals surface area (Å²) in [6.45, 7) is 2.49. The fraction of sp³-hybridized carbons (Fsp3) is 0.0741. The number of sulfonamides is 2. The van der Waals surface area contributed by atoms with Crippen LogP contribution in [0.5, 0.6) is 0 Å². The lowest BCUT2D eigenvalue weighted by Gasteiger charge is -2.20. The van der Waals surface area contributed by atoms with E-state index in [1.165, 1.54) is 68.4 Å². The molecule has 0 saturated carbocycles. The van der Waals surface area contributed by atoms with E-state index >= 15 is 0 Å². The Morgan fingerprint density at radius 2 is 1.18 bits per heavy atom. The predicted octanol–water partition coefficient (Wildman–Crippen LogP) is 6.63. The summed E-state index contributed by atoms with van der Waals surface area (Å²) in [6.07, 6.45) is 0. The van der Waals surface area contributed by atoms with E-state index in [0.29, 0.717) is 15.4 Å². The van der Waals surface area contributed by atoms with E-state index in [-0.39, 0.29) is 43.4 Å². The molecule has 39 heavy (non-hydrogen) atoms. The van der Waals surface area contributed by atoms with Crippen molar-refractivity contribution in [3.63, 3.8) is 0 Å². The second kappa shape index (κ2) is 10.9. The topological polar surface area (TPSA) is 130 Å². The van der Waals surface area contributed by atoms with Crippen molar-refractivity contribution in [2.45, 2.75) is 23.6 Å². The number of aliphatic hydroxyl groups is 1. The van der Waals surface area contributed by atoms with Crippen LogP contribution in [0.3, 0.4) is 0 Å². The molecule has 0 heterocycles. The molecule has 0 bridgehead atoms. The zero-order valence-corrected chi connectivity index (χ0v) is 23.7. The average molecular weight is 606 g/mol. The van der Waals surface area contributed by atoms with Crippen molar-refractivity contribution < 1.29 is 26.7 Å². The lowest BCUT2D eigenvalue weighted by atomic mass is 9.94. The van der Waals surface area contributed by atoms with Crippen LogP contribution in [0, 0.1) is 0 Å². The van der Waals surface area contributed by atoms with Gasteiger partial charge in [-0.2, -0.15) is 0 Å². The first kappa shape index (κ1) is 28.4. The van der Waals surface area contributed by atoms with E-state index in [4.69, 9.17) is 23.2 Å². The number of carbonyl (C=O) groups excluding carboxylic acids is 1. The summed E-state index contributed by atoms with van der Waals surface area (Å²) in [4.78, 5) is 12.5. The highest BCUT2D eigenvalue weighted by atomic mass is 35.5. The Bertz CT molecular complexity index is 1830. The molecule has 202 valence electrons. The third-order valence-electron chi connectivity index (χ3n) is 5.76. The summed E-state index contributed by atoms with van der Waals surface area (Å²) in [5, 5.41) is 11.7. The van der Waals surface area contributed by atoms with Gasteiger partial charge in [-0.15, -0.1) is 0 Å². The molecule has 0 atom stereocenters. The fourth-order valence-corrected chi connectivity index (χ4v) is 6.45. The first-order valence-corrected chi connectivity index (χ1v) is 15.1. The van der Waals surface area contributed by atoms with Crippen molar-refractivity contribution in [3.8, 4) is 0 Å². The van der Waals surface area contributed by atoms with Gasteiger partial charge in [0.1, 0.15) is 5.76 Å². The van der Waals surface area contributed by atoms with Gasteiger partial charge < -0.3 is 5.11 Å². The maximum Gasteiger partial charge on any atom is 0.261 e. The molecule has 4 aromatic carbocycles. The Morgan fingerprint density at radius 1 is 0.718 bits per heavy atom. The quantitative estimate of drug-likeness (QED) is 0.153. The van der Waals surface area contributed by atoms with Crippen molar-refractivity contribution in [3.05, 3.63) is 100 Å². The summed E-state index contributed by atoms with van der Waals surface area (Å²) in [6, 6.07) is 18.8. The van der Waals surface area contributed by atoms with E-state index in [1.54, 1.807) is 24.3 Å². The van der Waals surface area contributed by atoms with E-state index in [0.717, 1.165) is 0 Å². The molecular formula is C27H22Cl2N2O6S2. The van der Waals surface area contributed by atoms with Gasteiger partial charge in [-0.3, -0.25) is 14.2 Å². The van der Waals surface area contributed by atoms with Gasteiger partial charge in [0.2, 0.25) is 0 Å². The molecule has 0 aliphatic rings. The van der Waals surface area contributed by atoms with Crippen LogP contribution in [0.1, 0.15) is 19.4 Å². The molecule has 4 rings (SSSR count). The number of nitrogens with one attached hydrogen (secondary N) is 2. The highest BCUT2D eigenvalue weighted by molar-refractivity contribution is 7.93. The largest absolute Gasteiger partial charge is 0.512 e. The van der Waals surface area contributed by atoms with Gasteiger partial charge in [0, 0.05) is 26.4 Å². The molecule has 0 amide bonds. The zero-order chi connectivity index (χ0) is 28.5. The van der Waals surface area contributed by atoms with Gasteiger partial charge in [-0.1, -0.05) is 47.5 Å².